The van der Waals surface area contributed by atoms with Crippen LogP contribution >= 0.6 is 15.9 Å². The third-order valence-electron chi connectivity index (χ3n) is 3.54. The van der Waals surface area contributed by atoms with Gasteiger partial charge < -0.3 is 14.2 Å². The highest BCUT2D eigenvalue weighted by atomic mass is 79.9. The van der Waals surface area contributed by atoms with Gasteiger partial charge in [0.1, 0.15) is 0 Å². The minimum absolute atomic E-state index is 0.210. The average molecular weight is 331 g/mol. The maximum Gasteiger partial charge on any atom is 0.203 e. The van der Waals surface area contributed by atoms with Gasteiger partial charge in [0, 0.05) is 10.4 Å². The maximum absolute atomic E-state index is 5.53. The fraction of sp³-hybridized carbons (Fsp3) is 0.600. The minimum atomic E-state index is 0.210. The van der Waals surface area contributed by atoms with Crippen molar-refractivity contribution in [3.05, 3.63) is 17.7 Å². The summed E-state index contributed by atoms with van der Waals surface area (Å²) in [6.07, 6.45) is 0. The fourth-order valence-electron chi connectivity index (χ4n) is 1.96. The van der Waals surface area contributed by atoms with Crippen LogP contribution in [0.1, 0.15) is 31.2 Å². The fourth-order valence-corrected chi connectivity index (χ4v) is 2.93. The van der Waals surface area contributed by atoms with Gasteiger partial charge in [-0.05, 0) is 17.9 Å². The van der Waals surface area contributed by atoms with E-state index in [0.717, 1.165) is 11.3 Å². The van der Waals surface area contributed by atoms with Crippen LogP contribution in [-0.2, 0) is 0 Å². The number of hydrogen-bond donors (Lipinski definition) is 0. The number of methoxy groups -OCH3 is 3. The van der Waals surface area contributed by atoms with Gasteiger partial charge in [0.2, 0.25) is 5.75 Å². The van der Waals surface area contributed by atoms with Gasteiger partial charge in [0.15, 0.2) is 11.5 Å². The molecule has 0 N–H and O–H groups in total. The van der Waals surface area contributed by atoms with Crippen LogP contribution in [-0.4, -0.2) is 21.3 Å². The maximum atomic E-state index is 5.53. The van der Waals surface area contributed by atoms with Crippen molar-refractivity contribution in [2.75, 3.05) is 21.3 Å². The Morgan fingerprint density at radius 1 is 0.895 bits per heavy atom. The predicted molar refractivity (Wildman–Crippen MR) is 81.8 cm³/mol. The van der Waals surface area contributed by atoms with Gasteiger partial charge in [-0.3, -0.25) is 0 Å². The summed E-state index contributed by atoms with van der Waals surface area (Å²) in [7, 11) is 4.90. The third-order valence-corrected chi connectivity index (χ3v) is 4.87. The molecule has 0 aliphatic rings. The zero-order chi connectivity index (χ0) is 14.6. The molecule has 1 aromatic carbocycles. The molecule has 0 saturated heterocycles. The van der Waals surface area contributed by atoms with Crippen molar-refractivity contribution in [2.24, 2.45) is 11.8 Å². The summed E-state index contributed by atoms with van der Waals surface area (Å²) in [5.74, 6) is 3.10. The van der Waals surface area contributed by atoms with E-state index in [0.29, 0.717) is 23.3 Å². The van der Waals surface area contributed by atoms with Crippen LogP contribution in [0.15, 0.2) is 12.1 Å². The quantitative estimate of drug-likeness (QED) is 0.721. The molecule has 2 unspecified atom stereocenters. The van der Waals surface area contributed by atoms with Crippen molar-refractivity contribution >= 4 is 15.9 Å². The molecular weight excluding hydrogens is 308 g/mol. The molecule has 2 atom stereocenters. The minimum Gasteiger partial charge on any atom is -0.493 e. The number of halogens is 1. The van der Waals surface area contributed by atoms with Crippen molar-refractivity contribution < 1.29 is 14.2 Å². The normalized spacial score (nSPS) is 14.1. The van der Waals surface area contributed by atoms with E-state index < -0.39 is 0 Å². The van der Waals surface area contributed by atoms with Crippen LogP contribution in [0.2, 0.25) is 0 Å². The van der Waals surface area contributed by atoms with Crippen molar-refractivity contribution in [3.63, 3.8) is 0 Å². The smallest absolute Gasteiger partial charge is 0.203 e. The second-order valence-corrected chi connectivity index (χ2v) is 5.91. The molecule has 0 fully saturated rings. The van der Waals surface area contributed by atoms with Crippen LogP contribution in [0.3, 0.4) is 0 Å². The third kappa shape index (κ3) is 3.35. The number of rotatable bonds is 6. The number of alkyl halides is 1. The van der Waals surface area contributed by atoms with Crippen LogP contribution < -0.4 is 14.2 Å². The molecule has 4 heteroatoms. The molecule has 0 aromatic heterocycles. The Balaban J connectivity index is 3.28. The molecule has 0 aliphatic heterocycles. The lowest BCUT2D eigenvalue weighted by Gasteiger charge is -2.25. The number of benzene rings is 1. The monoisotopic (exact) mass is 330 g/mol. The highest BCUT2D eigenvalue weighted by Gasteiger charge is 2.25. The second-order valence-electron chi connectivity index (χ2n) is 4.93. The molecule has 0 spiro atoms. The number of ether oxygens (including phenoxy) is 3. The topological polar surface area (TPSA) is 27.7 Å². The van der Waals surface area contributed by atoms with Crippen molar-refractivity contribution in [3.8, 4) is 17.2 Å². The molecule has 0 saturated carbocycles. The summed E-state index contributed by atoms with van der Waals surface area (Å²) >= 11 is 3.78. The van der Waals surface area contributed by atoms with Crippen LogP contribution in [0, 0.1) is 11.8 Å². The lowest BCUT2D eigenvalue weighted by atomic mass is 9.90. The zero-order valence-electron chi connectivity index (χ0n) is 12.5. The molecule has 3 nitrogen and oxygen atoms in total. The summed E-state index contributed by atoms with van der Waals surface area (Å²) in [5, 5.41) is 0. The molecule has 19 heavy (non-hydrogen) atoms. The van der Waals surface area contributed by atoms with E-state index in [1.165, 1.54) is 0 Å². The summed E-state index contributed by atoms with van der Waals surface area (Å²) in [6, 6.07) is 3.94. The van der Waals surface area contributed by atoms with E-state index in [1.54, 1.807) is 21.3 Å². The van der Waals surface area contributed by atoms with E-state index >= 15 is 0 Å². The van der Waals surface area contributed by atoms with Gasteiger partial charge in [0.05, 0.1) is 21.3 Å². The van der Waals surface area contributed by atoms with Gasteiger partial charge in [-0.15, -0.1) is 0 Å². The Hall–Kier alpha value is -0.900. The van der Waals surface area contributed by atoms with Gasteiger partial charge in [0.25, 0.3) is 0 Å². The molecule has 108 valence electrons. The van der Waals surface area contributed by atoms with E-state index in [9.17, 15) is 0 Å². The van der Waals surface area contributed by atoms with Gasteiger partial charge in [-0.25, -0.2) is 0 Å². The SMILES string of the molecule is COc1ccc(C(Br)C(C)C(C)C)c(OC)c1OC. The molecule has 1 rings (SSSR count). The first kappa shape index (κ1) is 16.2. The molecule has 0 bridgehead atoms. The van der Waals surface area contributed by atoms with Crippen LogP contribution in [0.5, 0.6) is 17.2 Å². The second kappa shape index (κ2) is 7.04. The molecular formula is C15H23BrO3. The molecule has 1 aromatic rings. The summed E-state index contributed by atoms with van der Waals surface area (Å²) in [6.45, 7) is 6.65. The zero-order valence-corrected chi connectivity index (χ0v) is 14.1. The highest BCUT2D eigenvalue weighted by Crippen LogP contribution is 2.47. The van der Waals surface area contributed by atoms with Crippen molar-refractivity contribution in [1.29, 1.82) is 0 Å². The first-order valence-corrected chi connectivity index (χ1v) is 7.32. The molecule has 0 aliphatic carbocycles. The summed E-state index contributed by atoms with van der Waals surface area (Å²) < 4.78 is 16.2. The average Bonchev–Trinajstić information content (AvgIpc) is 2.43. The molecule has 0 radical (unpaired) electrons. The van der Waals surface area contributed by atoms with Gasteiger partial charge in [-0.1, -0.05) is 42.8 Å². The first-order valence-electron chi connectivity index (χ1n) is 6.40. The first-order chi connectivity index (χ1) is 8.97. The van der Waals surface area contributed by atoms with Crippen molar-refractivity contribution in [2.45, 2.75) is 25.6 Å². The van der Waals surface area contributed by atoms with E-state index in [1.807, 2.05) is 12.1 Å². The van der Waals surface area contributed by atoms with E-state index in [-0.39, 0.29) is 4.83 Å². The van der Waals surface area contributed by atoms with E-state index in [2.05, 4.69) is 36.7 Å². The van der Waals surface area contributed by atoms with E-state index in [4.69, 9.17) is 14.2 Å². The number of hydrogen-bond acceptors (Lipinski definition) is 3. The van der Waals surface area contributed by atoms with Crippen LogP contribution in [0.4, 0.5) is 0 Å². The Morgan fingerprint density at radius 3 is 1.89 bits per heavy atom. The molecule has 0 heterocycles. The van der Waals surface area contributed by atoms with Crippen LogP contribution in [0.25, 0.3) is 0 Å². The predicted octanol–water partition coefficient (Wildman–Crippen LogP) is 4.44. The largest absolute Gasteiger partial charge is 0.493 e. The Labute approximate surface area is 124 Å². The summed E-state index contributed by atoms with van der Waals surface area (Å²) in [4.78, 5) is 0.210. The van der Waals surface area contributed by atoms with Crippen molar-refractivity contribution in [1.82, 2.24) is 0 Å². The Bertz CT molecular complexity index is 418. The van der Waals surface area contributed by atoms with Gasteiger partial charge in [-0.2, -0.15) is 0 Å². The lowest BCUT2D eigenvalue weighted by molar-refractivity contribution is 0.318. The van der Waals surface area contributed by atoms with Gasteiger partial charge >= 0.3 is 0 Å². The Kier molecular flexibility index (Phi) is 5.98. The Morgan fingerprint density at radius 2 is 1.47 bits per heavy atom. The lowest BCUT2D eigenvalue weighted by Crippen LogP contribution is -2.12. The summed E-state index contributed by atoms with van der Waals surface area (Å²) in [5.41, 5.74) is 1.08. The molecule has 0 amide bonds. The standard InChI is InChI=1S/C15H23BrO3/c1-9(2)10(3)13(16)11-7-8-12(17-4)15(19-6)14(11)18-5/h7-10,13H,1-6H3. The highest BCUT2D eigenvalue weighted by molar-refractivity contribution is 9.09.